The van der Waals surface area contributed by atoms with E-state index in [1.165, 1.54) is 60.1 Å². The van der Waals surface area contributed by atoms with Crippen LogP contribution in [-0.2, 0) is 0 Å². The summed E-state index contributed by atoms with van der Waals surface area (Å²) in [4.78, 5) is 9.77. The topological polar surface area (TPSA) is 25.8 Å². The van der Waals surface area contributed by atoms with Gasteiger partial charge in [0, 0.05) is 29.1 Å². The van der Waals surface area contributed by atoms with E-state index in [4.69, 9.17) is 9.97 Å². The Hall–Kier alpha value is -5.60. The van der Waals surface area contributed by atoms with Crippen molar-refractivity contribution >= 4 is 32.3 Å². The number of aryl methyl sites for hydroxylation is 1. The Labute approximate surface area is 251 Å². The number of pyridine rings is 2. The number of benzene rings is 6. The molecule has 0 N–H and O–H groups in total. The van der Waals surface area contributed by atoms with Crippen molar-refractivity contribution in [3.63, 3.8) is 0 Å². The van der Waals surface area contributed by atoms with Gasteiger partial charge in [-0.25, -0.2) is 0 Å². The molecule has 0 aliphatic carbocycles. The summed E-state index contributed by atoms with van der Waals surface area (Å²) in [5, 5.41) is 7.57. The summed E-state index contributed by atoms with van der Waals surface area (Å²) >= 11 is 0. The zero-order valence-electron chi connectivity index (χ0n) is 23.8. The molecule has 0 saturated carbocycles. The number of fused-ring (bicyclic) bond motifs is 6. The maximum Gasteiger partial charge on any atom is 0.0715 e. The van der Waals surface area contributed by atoms with Crippen LogP contribution in [0.2, 0.25) is 0 Å². The summed E-state index contributed by atoms with van der Waals surface area (Å²) in [6.45, 7) is 2.24. The van der Waals surface area contributed by atoms with Crippen LogP contribution < -0.4 is 0 Å². The Kier molecular flexibility index (Phi) is 6.05. The molecule has 0 aliphatic rings. The fourth-order valence-electron chi connectivity index (χ4n) is 6.65. The zero-order valence-corrected chi connectivity index (χ0v) is 23.8. The van der Waals surface area contributed by atoms with Gasteiger partial charge in [0.25, 0.3) is 0 Å². The minimum atomic E-state index is 0.928. The molecule has 0 atom stereocenters. The Morgan fingerprint density at radius 1 is 0.372 bits per heavy atom. The molecule has 202 valence electrons. The summed E-state index contributed by atoms with van der Waals surface area (Å²) in [6, 6.07) is 49.7. The van der Waals surface area contributed by atoms with Gasteiger partial charge in [0.1, 0.15) is 0 Å². The maximum atomic E-state index is 4.95. The fraction of sp³-hybridized carbons (Fsp3) is 0.0244. The predicted molar refractivity (Wildman–Crippen MR) is 181 cm³/mol. The molecule has 2 aromatic heterocycles. The molecule has 0 fully saturated rings. The molecule has 0 aliphatic heterocycles. The SMILES string of the molecule is Cc1ccc2c3ccccc3c3ccccc3c2c1-c1c(-c2ccccc2)ccc(-c2ccccn2)c1-c1ccccn1. The standard InChI is InChI=1S/C41H28N2/c1-27-21-22-34-32-17-6-5-15-30(32)31-16-7-8-18-33(31)39(34)38(27)41-29(28-13-3-2-4-14-28)23-24-35(36-19-9-11-25-42-36)40(41)37-20-10-12-26-43-37/h2-26H,1H3. The van der Waals surface area contributed by atoms with Crippen molar-refractivity contribution in [3.8, 4) is 44.8 Å². The first-order valence-corrected chi connectivity index (χ1v) is 14.7. The lowest BCUT2D eigenvalue weighted by Crippen LogP contribution is -1.99. The third kappa shape index (κ3) is 4.11. The van der Waals surface area contributed by atoms with E-state index in [2.05, 4.69) is 134 Å². The first-order valence-electron chi connectivity index (χ1n) is 14.7. The molecule has 2 heteroatoms. The largest absolute Gasteiger partial charge is 0.256 e. The summed E-state index contributed by atoms with van der Waals surface area (Å²) < 4.78 is 0. The third-order valence-electron chi connectivity index (χ3n) is 8.52. The molecular weight excluding hydrogens is 520 g/mol. The Morgan fingerprint density at radius 3 is 1.56 bits per heavy atom. The quantitative estimate of drug-likeness (QED) is 0.204. The Balaban J connectivity index is 1.64. The second-order valence-corrected chi connectivity index (χ2v) is 11.0. The summed E-state index contributed by atoms with van der Waals surface area (Å²) in [7, 11) is 0. The van der Waals surface area contributed by atoms with Crippen molar-refractivity contribution in [2.45, 2.75) is 6.92 Å². The monoisotopic (exact) mass is 548 g/mol. The number of hydrogen-bond donors (Lipinski definition) is 0. The highest BCUT2D eigenvalue weighted by Crippen LogP contribution is 2.50. The van der Waals surface area contributed by atoms with Crippen molar-refractivity contribution < 1.29 is 0 Å². The minimum Gasteiger partial charge on any atom is -0.256 e. The molecule has 0 bridgehead atoms. The van der Waals surface area contributed by atoms with Gasteiger partial charge < -0.3 is 0 Å². The van der Waals surface area contributed by atoms with E-state index >= 15 is 0 Å². The molecule has 2 heterocycles. The van der Waals surface area contributed by atoms with Gasteiger partial charge in [-0.1, -0.05) is 115 Å². The van der Waals surface area contributed by atoms with Gasteiger partial charge in [-0.2, -0.15) is 0 Å². The minimum absolute atomic E-state index is 0.928. The normalized spacial score (nSPS) is 11.4. The van der Waals surface area contributed by atoms with Gasteiger partial charge in [-0.05, 0) is 85.8 Å². The highest BCUT2D eigenvalue weighted by Gasteiger charge is 2.24. The van der Waals surface area contributed by atoms with Crippen LogP contribution in [-0.4, -0.2) is 9.97 Å². The number of nitrogens with zero attached hydrogens (tertiary/aromatic N) is 2. The van der Waals surface area contributed by atoms with Gasteiger partial charge in [-0.15, -0.1) is 0 Å². The lowest BCUT2D eigenvalue weighted by molar-refractivity contribution is 1.30. The molecule has 0 radical (unpaired) electrons. The Bertz CT molecular complexity index is 2240. The van der Waals surface area contributed by atoms with E-state index in [0.717, 1.165) is 22.5 Å². The average Bonchev–Trinajstić information content (AvgIpc) is 3.09. The molecular formula is C41H28N2. The maximum absolute atomic E-state index is 4.95. The van der Waals surface area contributed by atoms with E-state index in [0.29, 0.717) is 0 Å². The van der Waals surface area contributed by atoms with Crippen LogP contribution in [0.15, 0.2) is 152 Å². The lowest BCUT2D eigenvalue weighted by Gasteiger charge is -2.23. The molecule has 0 unspecified atom stereocenters. The zero-order chi connectivity index (χ0) is 28.8. The van der Waals surface area contributed by atoms with Gasteiger partial charge in [0.15, 0.2) is 0 Å². The van der Waals surface area contributed by atoms with Crippen molar-refractivity contribution in [1.29, 1.82) is 0 Å². The van der Waals surface area contributed by atoms with Crippen molar-refractivity contribution in [2.24, 2.45) is 0 Å². The molecule has 0 saturated heterocycles. The molecule has 8 rings (SSSR count). The third-order valence-corrected chi connectivity index (χ3v) is 8.52. The van der Waals surface area contributed by atoms with Gasteiger partial charge in [0.05, 0.1) is 11.4 Å². The first kappa shape index (κ1) is 25.1. The highest BCUT2D eigenvalue weighted by atomic mass is 14.7. The highest BCUT2D eigenvalue weighted by molar-refractivity contribution is 6.29. The van der Waals surface area contributed by atoms with E-state index in [1.54, 1.807) is 0 Å². The summed E-state index contributed by atoms with van der Waals surface area (Å²) in [5.74, 6) is 0. The molecule has 0 spiro atoms. The van der Waals surface area contributed by atoms with E-state index in [9.17, 15) is 0 Å². The second kappa shape index (κ2) is 10.3. The first-order chi connectivity index (χ1) is 21.3. The molecule has 43 heavy (non-hydrogen) atoms. The van der Waals surface area contributed by atoms with Crippen molar-refractivity contribution in [1.82, 2.24) is 9.97 Å². The number of rotatable bonds is 4. The smallest absolute Gasteiger partial charge is 0.0715 e. The van der Waals surface area contributed by atoms with Gasteiger partial charge in [0.2, 0.25) is 0 Å². The molecule has 0 amide bonds. The fourth-order valence-corrected chi connectivity index (χ4v) is 6.65. The van der Waals surface area contributed by atoms with Crippen molar-refractivity contribution in [3.05, 3.63) is 157 Å². The van der Waals surface area contributed by atoms with Crippen LogP contribution in [0, 0.1) is 6.92 Å². The molecule has 6 aromatic carbocycles. The number of hydrogen-bond acceptors (Lipinski definition) is 2. The summed E-state index contributed by atoms with van der Waals surface area (Å²) in [5.41, 5.74) is 9.99. The number of aromatic nitrogens is 2. The van der Waals surface area contributed by atoms with Crippen LogP contribution in [0.5, 0.6) is 0 Å². The van der Waals surface area contributed by atoms with E-state index < -0.39 is 0 Å². The van der Waals surface area contributed by atoms with Crippen LogP contribution in [0.3, 0.4) is 0 Å². The van der Waals surface area contributed by atoms with Crippen LogP contribution in [0.25, 0.3) is 77.1 Å². The molecule has 2 nitrogen and oxygen atoms in total. The van der Waals surface area contributed by atoms with E-state index in [-0.39, 0.29) is 0 Å². The van der Waals surface area contributed by atoms with Crippen LogP contribution in [0.1, 0.15) is 5.56 Å². The predicted octanol–water partition coefficient (Wildman–Crippen LogP) is 10.9. The average molecular weight is 549 g/mol. The van der Waals surface area contributed by atoms with Crippen LogP contribution >= 0.6 is 0 Å². The Morgan fingerprint density at radius 2 is 0.907 bits per heavy atom. The summed E-state index contributed by atoms with van der Waals surface area (Å²) in [6.07, 6.45) is 3.75. The van der Waals surface area contributed by atoms with Crippen LogP contribution in [0.4, 0.5) is 0 Å². The lowest BCUT2D eigenvalue weighted by atomic mass is 9.80. The van der Waals surface area contributed by atoms with Gasteiger partial charge in [-0.3, -0.25) is 9.97 Å². The van der Waals surface area contributed by atoms with E-state index in [1.807, 2.05) is 24.5 Å². The second-order valence-electron chi connectivity index (χ2n) is 11.0. The molecule has 8 aromatic rings. The van der Waals surface area contributed by atoms with Gasteiger partial charge >= 0.3 is 0 Å². The van der Waals surface area contributed by atoms with Crippen molar-refractivity contribution in [2.75, 3.05) is 0 Å².